The first kappa shape index (κ1) is 13.8. The molecule has 0 saturated carbocycles. The Bertz CT molecular complexity index is 471. The third-order valence-corrected chi connectivity index (χ3v) is 2.12. The van der Waals surface area contributed by atoms with E-state index < -0.39 is 39.0 Å². The molecular weight excluding hydrogens is 259 g/mol. The van der Waals surface area contributed by atoms with E-state index in [0.717, 1.165) is 18.2 Å². The van der Waals surface area contributed by atoms with Crippen LogP contribution in [0.1, 0.15) is 11.6 Å². The van der Waals surface area contributed by atoms with Crippen LogP contribution < -0.4 is 5.73 Å². The van der Waals surface area contributed by atoms with Gasteiger partial charge >= 0.3 is 6.18 Å². The van der Waals surface area contributed by atoms with E-state index in [-0.39, 0.29) is 0 Å². The summed E-state index contributed by atoms with van der Waals surface area (Å²) in [6.45, 7) is 0. The van der Waals surface area contributed by atoms with Crippen LogP contribution in [0.5, 0.6) is 0 Å². The number of nitro groups is 2. The number of halogens is 3. The summed E-state index contributed by atoms with van der Waals surface area (Å²) >= 11 is 0. The molecule has 0 aromatic heterocycles. The lowest BCUT2D eigenvalue weighted by Crippen LogP contribution is -2.29. The van der Waals surface area contributed by atoms with Crippen molar-refractivity contribution in [2.24, 2.45) is 5.73 Å². The van der Waals surface area contributed by atoms with E-state index >= 15 is 0 Å². The molecule has 0 unspecified atom stereocenters. The zero-order valence-electron chi connectivity index (χ0n) is 8.55. The lowest BCUT2D eigenvalue weighted by atomic mass is 10.0. The highest BCUT2D eigenvalue weighted by atomic mass is 19.4. The molecule has 7 nitrogen and oxygen atoms in total. The van der Waals surface area contributed by atoms with Crippen molar-refractivity contribution in [2.75, 3.05) is 0 Å². The fraction of sp³-hybridized carbons (Fsp3) is 0.250. The van der Waals surface area contributed by atoms with Crippen LogP contribution in [0.15, 0.2) is 18.2 Å². The first-order valence-corrected chi connectivity index (χ1v) is 4.40. The fourth-order valence-corrected chi connectivity index (χ4v) is 1.34. The van der Waals surface area contributed by atoms with Gasteiger partial charge < -0.3 is 5.73 Å². The van der Waals surface area contributed by atoms with Gasteiger partial charge in [0.15, 0.2) is 0 Å². The molecule has 0 heterocycles. The van der Waals surface area contributed by atoms with Gasteiger partial charge in [-0.3, -0.25) is 20.2 Å². The highest BCUT2D eigenvalue weighted by Gasteiger charge is 2.45. The SMILES string of the molecule is N[C@@H](c1c([N+](=O)[O-])cccc1[N+](=O)[O-])C(F)(F)F. The smallest absolute Gasteiger partial charge is 0.316 e. The van der Waals surface area contributed by atoms with E-state index in [0.29, 0.717) is 0 Å². The molecule has 1 aromatic carbocycles. The van der Waals surface area contributed by atoms with Crippen LogP contribution in [0.3, 0.4) is 0 Å². The average Bonchev–Trinajstić information content (AvgIpc) is 2.25. The Labute approximate surface area is 97.3 Å². The average molecular weight is 265 g/mol. The molecule has 1 aromatic rings. The van der Waals surface area contributed by atoms with Gasteiger partial charge in [0, 0.05) is 12.1 Å². The fourth-order valence-electron chi connectivity index (χ4n) is 1.34. The van der Waals surface area contributed by atoms with E-state index in [4.69, 9.17) is 5.73 Å². The molecule has 0 spiro atoms. The highest BCUT2D eigenvalue weighted by Crippen LogP contribution is 2.40. The monoisotopic (exact) mass is 265 g/mol. The van der Waals surface area contributed by atoms with Gasteiger partial charge in [-0.15, -0.1) is 0 Å². The maximum Gasteiger partial charge on any atom is 0.408 e. The molecular formula is C8H6F3N3O4. The summed E-state index contributed by atoms with van der Waals surface area (Å²) in [5, 5.41) is 21.2. The van der Waals surface area contributed by atoms with Gasteiger partial charge in [-0.05, 0) is 6.07 Å². The van der Waals surface area contributed by atoms with E-state index in [2.05, 4.69) is 0 Å². The summed E-state index contributed by atoms with van der Waals surface area (Å²) in [4.78, 5) is 18.9. The molecule has 18 heavy (non-hydrogen) atoms. The van der Waals surface area contributed by atoms with Crippen LogP contribution in [0.2, 0.25) is 0 Å². The lowest BCUT2D eigenvalue weighted by Gasteiger charge is -2.15. The first-order chi connectivity index (χ1) is 8.16. The van der Waals surface area contributed by atoms with E-state index in [9.17, 15) is 33.4 Å². The molecule has 10 heteroatoms. The second-order valence-corrected chi connectivity index (χ2v) is 3.24. The van der Waals surface area contributed by atoms with Crippen molar-refractivity contribution >= 4 is 11.4 Å². The van der Waals surface area contributed by atoms with Crippen molar-refractivity contribution in [3.8, 4) is 0 Å². The zero-order valence-corrected chi connectivity index (χ0v) is 8.55. The van der Waals surface area contributed by atoms with E-state index in [1.54, 1.807) is 0 Å². The van der Waals surface area contributed by atoms with Gasteiger partial charge in [-0.25, -0.2) is 0 Å². The second kappa shape index (κ2) is 4.56. The van der Waals surface area contributed by atoms with Crippen LogP contribution in [-0.4, -0.2) is 16.0 Å². The summed E-state index contributed by atoms with van der Waals surface area (Å²) < 4.78 is 37.4. The van der Waals surface area contributed by atoms with Gasteiger partial charge in [0.25, 0.3) is 11.4 Å². The largest absolute Gasteiger partial charge is 0.408 e. The van der Waals surface area contributed by atoms with E-state index in [1.165, 1.54) is 0 Å². The number of hydrogen-bond donors (Lipinski definition) is 1. The molecule has 0 fully saturated rings. The van der Waals surface area contributed by atoms with Gasteiger partial charge in [0.1, 0.15) is 11.6 Å². The minimum Gasteiger partial charge on any atom is -0.316 e. The third-order valence-electron chi connectivity index (χ3n) is 2.12. The minimum absolute atomic E-state index is 0.730. The quantitative estimate of drug-likeness (QED) is 0.663. The molecule has 0 radical (unpaired) electrons. The second-order valence-electron chi connectivity index (χ2n) is 3.24. The van der Waals surface area contributed by atoms with Crippen LogP contribution >= 0.6 is 0 Å². The Balaban J connectivity index is 3.55. The maximum atomic E-state index is 12.5. The number of nitrogens with two attached hydrogens (primary N) is 1. The molecule has 0 aliphatic rings. The Hall–Kier alpha value is -2.23. The molecule has 0 aliphatic heterocycles. The van der Waals surface area contributed by atoms with Crippen LogP contribution in [0.25, 0.3) is 0 Å². The predicted molar refractivity (Wildman–Crippen MR) is 52.7 cm³/mol. The Morgan fingerprint density at radius 1 is 1.11 bits per heavy atom. The molecule has 1 atom stereocenters. The van der Waals surface area contributed by atoms with Gasteiger partial charge in [0.05, 0.1) is 9.85 Å². The van der Waals surface area contributed by atoms with Crippen molar-refractivity contribution in [2.45, 2.75) is 12.2 Å². The molecule has 1 rings (SSSR count). The molecule has 0 amide bonds. The highest BCUT2D eigenvalue weighted by molar-refractivity contribution is 5.55. The zero-order chi connectivity index (χ0) is 14.1. The summed E-state index contributed by atoms with van der Waals surface area (Å²) in [5.74, 6) is 0. The number of nitro benzene ring substituents is 2. The normalized spacial score (nSPS) is 13.1. The van der Waals surface area contributed by atoms with Crippen molar-refractivity contribution in [1.29, 1.82) is 0 Å². The number of rotatable bonds is 3. The molecule has 98 valence electrons. The topological polar surface area (TPSA) is 112 Å². The summed E-state index contributed by atoms with van der Waals surface area (Å²) in [6, 6.07) is -0.412. The molecule has 2 N–H and O–H groups in total. The van der Waals surface area contributed by atoms with Crippen molar-refractivity contribution in [1.82, 2.24) is 0 Å². The Morgan fingerprint density at radius 2 is 1.50 bits per heavy atom. The Morgan fingerprint density at radius 3 is 1.78 bits per heavy atom. The first-order valence-electron chi connectivity index (χ1n) is 4.40. The number of benzene rings is 1. The number of nitrogens with zero attached hydrogens (tertiary/aromatic N) is 2. The van der Waals surface area contributed by atoms with Crippen molar-refractivity contribution in [3.05, 3.63) is 44.0 Å². The van der Waals surface area contributed by atoms with Crippen LogP contribution in [0.4, 0.5) is 24.5 Å². The lowest BCUT2D eigenvalue weighted by molar-refractivity contribution is -0.396. The Kier molecular flexibility index (Phi) is 3.51. The van der Waals surface area contributed by atoms with Crippen LogP contribution in [0, 0.1) is 20.2 Å². The molecule has 0 bridgehead atoms. The number of hydrogen-bond acceptors (Lipinski definition) is 5. The van der Waals surface area contributed by atoms with Gasteiger partial charge in [-0.2, -0.15) is 13.2 Å². The summed E-state index contributed by atoms with van der Waals surface area (Å²) in [6.07, 6.45) is -5.02. The molecule has 0 aliphatic carbocycles. The predicted octanol–water partition coefficient (Wildman–Crippen LogP) is 2.07. The maximum absolute atomic E-state index is 12.5. The van der Waals surface area contributed by atoms with Gasteiger partial charge in [0.2, 0.25) is 0 Å². The minimum atomic E-state index is -5.02. The van der Waals surface area contributed by atoms with Crippen molar-refractivity contribution < 1.29 is 23.0 Å². The van der Waals surface area contributed by atoms with E-state index in [1.807, 2.05) is 0 Å². The summed E-state index contributed by atoms with van der Waals surface area (Å²) in [7, 11) is 0. The molecule has 0 saturated heterocycles. The van der Waals surface area contributed by atoms with Crippen LogP contribution in [-0.2, 0) is 0 Å². The van der Waals surface area contributed by atoms with Gasteiger partial charge in [-0.1, -0.05) is 0 Å². The van der Waals surface area contributed by atoms with Crippen molar-refractivity contribution in [3.63, 3.8) is 0 Å². The number of alkyl halides is 3. The summed E-state index contributed by atoms with van der Waals surface area (Å²) in [5.41, 5.74) is 1.60. The third kappa shape index (κ3) is 2.53. The standard InChI is InChI=1S/C8H6F3N3O4/c9-8(10,11)7(12)6-4(13(15)16)2-1-3-5(6)14(17)18/h1-3,7H,12H2/t7-/m0/s1.